The van der Waals surface area contributed by atoms with Crippen LogP contribution < -0.4 is 0 Å². The fraction of sp³-hybridized carbons (Fsp3) is 0.391. The van der Waals surface area contributed by atoms with Crippen LogP contribution in [0.4, 0.5) is 0 Å². The minimum absolute atomic E-state index is 0.123. The summed E-state index contributed by atoms with van der Waals surface area (Å²) in [5, 5.41) is 0.140. The molecule has 0 fully saturated rings. The van der Waals surface area contributed by atoms with Crippen molar-refractivity contribution in [3.05, 3.63) is 77.9 Å². The fourth-order valence-corrected chi connectivity index (χ4v) is 3.79. The van der Waals surface area contributed by atoms with Crippen molar-refractivity contribution in [2.45, 2.75) is 51.1 Å². The summed E-state index contributed by atoms with van der Waals surface area (Å²) in [6, 6.07) is 20.7. The molecule has 2 aromatic carbocycles. The molecule has 0 aromatic heterocycles. The molecule has 0 aliphatic carbocycles. The molecule has 0 aliphatic heterocycles. The lowest BCUT2D eigenvalue weighted by molar-refractivity contribution is 0.0236. The van der Waals surface area contributed by atoms with Gasteiger partial charge in [0.05, 0.1) is 0 Å². The lowest BCUT2D eigenvalue weighted by Gasteiger charge is -2.41. The lowest BCUT2D eigenvalue weighted by atomic mass is 10.0. The summed E-state index contributed by atoms with van der Waals surface area (Å²) >= 11 is 0. The van der Waals surface area contributed by atoms with Gasteiger partial charge in [0, 0.05) is 7.11 Å². The average Bonchev–Trinajstić information content (AvgIpc) is 2.62. The molecule has 0 aliphatic rings. The van der Waals surface area contributed by atoms with E-state index in [0.717, 1.165) is 11.1 Å². The summed E-state index contributed by atoms with van der Waals surface area (Å²) in [5.41, 5.74) is 2.32. The minimum Gasteiger partial charge on any atom is -0.407 e. The van der Waals surface area contributed by atoms with Crippen LogP contribution in [-0.4, -0.2) is 21.5 Å². The van der Waals surface area contributed by atoms with E-state index in [1.807, 2.05) is 24.3 Å². The molecule has 0 saturated heterocycles. The Bertz CT molecular complexity index is 687. The number of benzene rings is 2. The molecular formula is C23H32O2Si. The van der Waals surface area contributed by atoms with Crippen LogP contribution in [0.15, 0.2) is 66.7 Å². The molecule has 0 unspecified atom stereocenters. The Labute approximate surface area is 160 Å². The Kier molecular flexibility index (Phi) is 6.99. The van der Waals surface area contributed by atoms with Crippen LogP contribution >= 0.6 is 0 Å². The molecule has 3 heteroatoms. The van der Waals surface area contributed by atoms with E-state index in [1.165, 1.54) is 0 Å². The molecule has 0 radical (unpaired) electrons. The highest BCUT2D eigenvalue weighted by Crippen LogP contribution is 2.41. The number of hydrogen-bond donors (Lipinski definition) is 0. The van der Waals surface area contributed by atoms with Gasteiger partial charge in [0.15, 0.2) is 8.32 Å². The molecule has 0 saturated carbocycles. The molecule has 2 rings (SSSR count). The quantitative estimate of drug-likeness (QED) is 0.521. The monoisotopic (exact) mass is 368 g/mol. The van der Waals surface area contributed by atoms with Crippen LogP contribution in [0, 0.1) is 0 Å². The van der Waals surface area contributed by atoms with Crippen molar-refractivity contribution in [3.63, 3.8) is 0 Å². The molecule has 0 heterocycles. The summed E-state index contributed by atoms with van der Waals surface area (Å²) in [6.07, 6.45) is 3.95. The summed E-state index contributed by atoms with van der Waals surface area (Å²) < 4.78 is 12.7. The van der Waals surface area contributed by atoms with Gasteiger partial charge in [-0.05, 0) is 29.3 Å². The van der Waals surface area contributed by atoms with Crippen LogP contribution in [0.1, 0.15) is 38.0 Å². The SMILES string of the molecule is CO[C@@H](/C=C/c1ccccc1)[C@@H](O[Si](C)(C)C(C)(C)C)c1ccccc1. The van der Waals surface area contributed by atoms with Gasteiger partial charge in [-0.1, -0.05) is 93.6 Å². The Morgan fingerprint density at radius 1 is 0.885 bits per heavy atom. The highest BCUT2D eigenvalue weighted by molar-refractivity contribution is 6.74. The van der Waals surface area contributed by atoms with Gasteiger partial charge in [-0.15, -0.1) is 0 Å². The first-order chi connectivity index (χ1) is 12.2. The van der Waals surface area contributed by atoms with Crippen molar-refractivity contribution in [1.82, 2.24) is 0 Å². The van der Waals surface area contributed by atoms with Crippen molar-refractivity contribution >= 4 is 14.4 Å². The van der Waals surface area contributed by atoms with Crippen molar-refractivity contribution in [2.24, 2.45) is 0 Å². The highest BCUT2D eigenvalue weighted by Gasteiger charge is 2.41. The first-order valence-corrected chi connectivity index (χ1v) is 12.1. The minimum atomic E-state index is -1.95. The third kappa shape index (κ3) is 5.40. The maximum Gasteiger partial charge on any atom is 0.193 e. The van der Waals surface area contributed by atoms with Gasteiger partial charge in [-0.3, -0.25) is 0 Å². The van der Waals surface area contributed by atoms with Gasteiger partial charge < -0.3 is 9.16 Å². The van der Waals surface area contributed by atoms with Crippen LogP contribution in [0.5, 0.6) is 0 Å². The number of ether oxygens (including phenoxy) is 1. The highest BCUT2D eigenvalue weighted by atomic mass is 28.4. The summed E-state index contributed by atoms with van der Waals surface area (Å²) in [4.78, 5) is 0. The first kappa shape index (κ1) is 20.6. The standard InChI is InChI=1S/C23H32O2Si/c1-23(2,3)26(5,6)25-22(20-15-11-8-12-16-20)21(24-4)18-17-19-13-9-7-10-14-19/h7-18,21-22H,1-6H3/b18-17+/t21-,22-/m0/s1. The van der Waals surface area contributed by atoms with E-state index < -0.39 is 8.32 Å². The van der Waals surface area contributed by atoms with Crippen LogP contribution in [-0.2, 0) is 9.16 Å². The normalized spacial score (nSPS) is 15.2. The third-order valence-electron chi connectivity index (χ3n) is 5.20. The van der Waals surface area contributed by atoms with E-state index in [0.29, 0.717) is 0 Å². The maximum atomic E-state index is 6.79. The van der Waals surface area contributed by atoms with E-state index in [9.17, 15) is 0 Å². The van der Waals surface area contributed by atoms with Gasteiger partial charge in [-0.25, -0.2) is 0 Å². The lowest BCUT2D eigenvalue weighted by Crippen LogP contribution is -2.44. The Balaban J connectivity index is 2.34. The van der Waals surface area contributed by atoms with Gasteiger partial charge in [0.1, 0.15) is 12.2 Å². The number of hydrogen-bond acceptors (Lipinski definition) is 2. The van der Waals surface area contributed by atoms with Gasteiger partial charge >= 0.3 is 0 Å². The Morgan fingerprint density at radius 3 is 1.92 bits per heavy atom. The molecule has 0 spiro atoms. The molecule has 26 heavy (non-hydrogen) atoms. The molecule has 140 valence electrons. The van der Waals surface area contributed by atoms with Gasteiger partial charge in [0.25, 0.3) is 0 Å². The van der Waals surface area contributed by atoms with E-state index in [1.54, 1.807) is 7.11 Å². The fourth-order valence-electron chi connectivity index (χ4n) is 2.53. The first-order valence-electron chi connectivity index (χ1n) is 9.23. The third-order valence-corrected chi connectivity index (χ3v) is 9.66. The van der Waals surface area contributed by atoms with E-state index in [4.69, 9.17) is 9.16 Å². The Hall–Kier alpha value is -1.68. The second kappa shape index (κ2) is 8.80. The number of methoxy groups -OCH3 is 1. The second-order valence-corrected chi connectivity index (χ2v) is 12.9. The van der Waals surface area contributed by atoms with E-state index in [-0.39, 0.29) is 17.2 Å². The van der Waals surface area contributed by atoms with E-state index >= 15 is 0 Å². The predicted octanol–water partition coefficient (Wildman–Crippen LogP) is 6.48. The summed E-state index contributed by atoms with van der Waals surface area (Å²) in [6.45, 7) is 11.4. The van der Waals surface area contributed by atoms with Crippen molar-refractivity contribution in [2.75, 3.05) is 7.11 Å². The van der Waals surface area contributed by atoms with Gasteiger partial charge in [0.2, 0.25) is 0 Å². The van der Waals surface area contributed by atoms with E-state index in [2.05, 4.69) is 82.4 Å². The van der Waals surface area contributed by atoms with Crippen molar-refractivity contribution < 1.29 is 9.16 Å². The van der Waals surface area contributed by atoms with Crippen LogP contribution in [0.3, 0.4) is 0 Å². The molecular weight excluding hydrogens is 336 g/mol. The Morgan fingerprint density at radius 2 is 1.42 bits per heavy atom. The molecule has 2 aromatic rings. The zero-order valence-corrected chi connectivity index (χ0v) is 17.9. The molecule has 0 bridgehead atoms. The summed E-state index contributed by atoms with van der Waals surface area (Å²) in [5.74, 6) is 0. The maximum absolute atomic E-state index is 6.79. The summed E-state index contributed by atoms with van der Waals surface area (Å²) in [7, 11) is -0.197. The van der Waals surface area contributed by atoms with Crippen molar-refractivity contribution in [3.8, 4) is 0 Å². The smallest absolute Gasteiger partial charge is 0.193 e. The molecule has 0 amide bonds. The number of rotatable bonds is 7. The van der Waals surface area contributed by atoms with Crippen LogP contribution in [0.25, 0.3) is 6.08 Å². The van der Waals surface area contributed by atoms with Crippen LogP contribution in [0.2, 0.25) is 18.1 Å². The molecule has 0 N–H and O–H groups in total. The van der Waals surface area contributed by atoms with Crippen molar-refractivity contribution in [1.29, 1.82) is 0 Å². The molecule has 2 atom stereocenters. The van der Waals surface area contributed by atoms with Gasteiger partial charge in [-0.2, -0.15) is 0 Å². The zero-order chi connectivity index (χ0) is 19.2. The molecule has 2 nitrogen and oxygen atoms in total. The zero-order valence-electron chi connectivity index (χ0n) is 16.9. The second-order valence-electron chi connectivity index (χ2n) is 8.18. The largest absolute Gasteiger partial charge is 0.407 e. The predicted molar refractivity (Wildman–Crippen MR) is 114 cm³/mol. The topological polar surface area (TPSA) is 18.5 Å². The average molecular weight is 369 g/mol.